The summed E-state index contributed by atoms with van der Waals surface area (Å²) in [5.41, 5.74) is -0.247. The monoisotopic (exact) mass is 235 g/mol. The normalized spacial score (nSPS) is 39.8. The van der Waals surface area contributed by atoms with Gasteiger partial charge < -0.3 is 10.2 Å². The first-order valence-electron chi connectivity index (χ1n) is 7.03. The van der Waals surface area contributed by atoms with Crippen LogP contribution < -0.4 is 5.32 Å². The molecule has 3 heteroatoms. The van der Waals surface area contributed by atoms with Crippen LogP contribution in [0.2, 0.25) is 0 Å². The minimum absolute atomic E-state index is 0.247. The number of likely N-dealkylation sites (tertiary alicyclic amines) is 1. The van der Waals surface area contributed by atoms with Gasteiger partial charge in [-0.15, -0.1) is 0 Å². The Morgan fingerprint density at radius 3 is 2.76 bits per heavy atom. The molecular formula is C14H25N3. The zero-order valence-corrected chi connectivity index (χ0v) is 11.2. The highest BCUT2D eigenvalue weighted by Gasteiger charge is 2.40. The van der Waals surface area contributed by atoms with Crippen molar-refractivity contribution in [2.45, 2.75) is 57.0 Å². The summed E-state index contributed by atoms with van der Waals surface area (Å²) in [5.74, 6) is 0.881. The molecule has 0 bridgehead atoms. The fraction of sp³-hybridized carbons (Fsp3) is 0.929. The zero-order valence-electron chi connectivity index (χ0n) is 11.2. The molecule has 2 fully saturated rings. The van der Waals surface area contributed by atoms with Gasteiger partial charge in [-0.05, 0) is 64.6 Å². The molecule has 0 aromatic carbocycles. The molecule has 2 rings (SSSR count). The number of rotatable bonds is 2. The van der Waals surface area contributed by atoms with Crippen LogP contribution in [0.3, 0.4) is 0 Å². The second-order valence-electron chi connectivity index (χ2n) is 5.91. The number of hydrogen-bond acceptors (Lipinski definition) is 3. The van der Waals surface area contributed by atoms with E-state index in [1.165, 1.54) is 38.8 Å². The van der Waals surface area contributed by atoms with Gasteiger partial charge in [0.2, 0.25) is 0 Å². The lowest BCUT2D eigenvalue weighted by molar-refractivity contribution is 0.198. The van der Waals surface area contributed by atoms with Gasteiger partial charge in [0.15, 0.2) is 0 Å². The fourth-order valence-electron chi connectivity index (χ4n) is 3.37. The van der Waals surface area contributed by atoms with Crippen LogP contribution in [0.25, 0.3) is 0 Å². The molecular weight excluding hydrogens is 210 g/mol. The summed E-state index contributed by atoms with van der Waals surface area (Å²) < 4.78 is 0. The maximum atomic E-state index is 9.30. The lowest BCUT2D eigenvalue weighted by Crippen LogP contribution is -2.42. The SMILES string of the molecule is CNC1(C#N)CCC(N2CCCC(C)CC2)C1. The topological polar surface area (TPSA) is 39.1 Å². The smallest absolute Gasteiger partial charge is 0.108 e. The minimum atomic E-state index is -0.247. The minimum Gasteiger partial charge on any atom is -0.302 e. The highest BCUT2D eigenvalue weighted by Crippen LogP contribution is 2.33. The summed E-state index contributed by atoms with van der Waals surface area (Å²) in [5, 5.41) is 12.5. The number of hydrogen-bond donors (Lipinski definition) is 1. The molecule has 0 aromatic rings. The predicted molar refractivity (Wildman–Crippen MR) is 69.6 cm³/mol. The summed E-state index contributed by atoms with van der Waals surface area (Å²) in [6.07, 6.45) is 7.24. The summed E-state index contributed by atoms with van der Waals surface area (Å²) in [6.45, 7) is 4.84. The summed E-state index contributed by atoms with van der Waals surface area (Å²) >= 11 is 0. The molecule has 2 aliphatic rings. The lowest BCUT2D eigenvalue weighted by atomic mass is 10.00. The highest BCUT2D eigenvalue weighted by atomic mass is 15.2. The van der Waals surface area contributed by atoms with Crippen molar-refractivity contribution in [3.05, 3.63) is 0 Å². The molecule has 3 unspecified atom stereocenters. The Morgan fingerprint density at radius 2 is 2.12 bits per heavy atom. The van der Waals surface area contributed by atoms with Gasteiger partial charge >= 0.3 is 0 Å². The molecule has 1 saturated carbocycles. The Labute approximate surface area is 105 Å². The van der Waals surface area contributed by atoms with Gasteiger partial charge in [-0.1, -0.05) is 6.92 Å². The molecule has 0 radical (unpaired) electrons. The van der Waals surface area contributed by atoms with E-state index in [4.69, 9.17) is 0 Å². The van der Waals surface area contributed by atoms with E-state index in [1.807, 2.05) is 7.05 Å². The third-order valence-electron chi connectivity index (χ3n) is 4.75. The molecule has 1 aliphatic carbocycles. The number of nitriles is 1. The van der Waals surface area contributed by atoms with Gasteiger partial charge in [0.1, 0.15) is 5.54 Å². The van der Waals surface area contributed by atoms with Gasteiger partial charge in [-0.3, -0.25) is 0 Å². The Kier molecular flexibility index (Phi) is 4.06. The van der Waals surface area contributed by atoms with Gasteiger partial charge in [0.05, 0.1) is 6.07 Å². The van der Waals surface area contributed by atoms with Crippen molar-refractivity contribution < 1.29 is 0 Å². The van der Waals surface area contributed by atoms with Crippen molar-refractivity contribution in [2.75, 3.05) is 20.1 Å². The van der Waals surface area contributed by atoms with E-state index in [-0.39, 0.29) is 5.54 Å². The van der Waals surface area contributed by atoms with Crippen molar-refractivity contribution in [1.82, 2.24) is 10.2 Å². The van der Waals surface area contributed by atoms with Gasteiger partial charge in [-0.2, -0.15) is 5.26 Å². The van der Waals surface area contributed by atoms with E-state index in [1.54, 1.807) is 0 Å². The maximum Gasteiger partial charge on any atom is 0.108 e. The second-order valence-corrected chi connectivity index (χ2v) is 5.91. The first kappa shape index (κ1) is 12.9. The summed E-state index contributed by atoms with van der Waals surface area (Å²) in [6, 6.07) is 3.11. The van der Waals surface area contributed by atoms with Crippen LogP contribution in [-0.2, 0) is 0 Å². The van der Waals surface area contributed by atoms with Crippen molar-refractivity contribution in [3.8, 4) is 6.07 Å². The first-order chi connectivity index (χ1) is 8.19. The van der Waals surface area contributed by atoms with Gasteiger partial charge in [-0.25, -0.2) is 0 Å². The standard InChI is InChI=1S/C14H25N3/c1-12-4-3-8-17(9-6-12)13-5-7-14(10-13,11-15)16-2/h12-13,16H,3-10H2,1-2H3. The Morgan fingerprint density at radius 1 is 1.29 bits per heavy atom. The average Bonchev–Trinajstić information content (AvgIpc) is 2.67. The number of nitrogens with one attached hydrogen (secondary N) is 1. The molecule has 96 valence electrons. The molecule has 0 aromatic heterocycles. The van der Waals surface area contributed by atoms with Gasteiger partial charge in [0, 0.05) is 6.04 Å². The van der Waals surface area contributed by atoms with E-state index in [0.29, 0.717) is 6.04 Å². The van der Waals surface area contributed by atoms with Crippen LogP contribution in [-0.4, -0.2) is 36.6 Å². The summed E-state index contributed by atoms with van der Waals surface area (Å²) in [7, 11) is 1.93. The van der Waals surface area contributed by atoms with Crippen LogP contribution in [0.1, 0.15) is 45.4 Å². The molecule has 1 heterocycles. The Balaban J connectivity index is 1.94. The maximum absolute atomic E-state index is 9.30. The van der Waals surface area contributed by atoms with Crippen molar-refractivity contribution in [2.24, 2.45) is 5.92 Å². The van der Waals surface area contributed by atoms with Crippen molar-refractivity contribution >= 4 is 0 Å². The van der Waals surface area contributed by atoms with E-state index < -0.39 is 0 Å². The van der Waals surface area contributed by atoms with Crippen LogP contribution >= 0.6 is 0 Å². The Bertz CT molecular complexity index is 296. The van der Waals surface area contributed by atoms with E-state index in [2.05, 4.69) is 23.2 Å². The molecule has 1 N–H and O–H groups in total. The third-order valence-corrected chi connectivity index (χ3v) is 4.75. The van der Waals surface area contributed by atoms with Gasteiger partial charge in [0.25, 0.3) is 0 Å². The van der Waals surface area contributed by atoms with Crippen LogP contribution in [0.15, 0.2) is 0 Å². The third kappa shape index (κ3) is 2.81. The van der Waals surface area contributed by atoms with Crippen LogP contribution in [0.4, 0.5) is 0 Å². The van der Waals surface area contributed by atoms with Crippen molar-refractivity contribution in [1.29, 1.82) is 5.26 Å². The molecule has 1 aliphatic heterocycles. The van der Waals surface area contributed by atoms with E-state index >= 15 is 0 Å². The Hall–Kier alpha value is -0.590. The highest BCUT2D eigenvalue weighted by molar-refractivity contribution is 5.12. The molecule has 17 heavy (non-hydrogen) atoms. The quantitative estimate of drug-likeness (QED) is 0.797. The second kappa shape index (κ2) is 5.37. The van der Waals surface area contributed by atoms with E-state index in [0.717, 1.165) is 18.8 Å². The largest absolute Gasteiger partial charge is 0.302 e. The molecule has 1 saturated heterocycles. The molecule has 3 atom stereocenters. The van der Waals surface area contributed by atoms with Crippen LogP contribution in [0, 0.1) is 17.2 Å². The summed E-state index contributed by atoms with van der Waals surface area (Å²) in [4.78, 5) is 2.64. The first-order valence-corrected chi connectivity index (χ1v) is 7.03. The zero-order chi connectivity index (χ0) is 12.3. The van der Waals surface area contributed by atoms with Crippen molar-refractivity contribution in [3.63, 3.8) is 0 Å². The fourth-order valence-corrected chi connectivity index (χ4v) is 3.37. The predicted octanol–water partition coefficient (Wildman–Crippen LogP) is 2.14. The lowest BCUT2D eigenvalue weighted by Gasteiger charge is -2.28. The van der Waals surface area contributed by atoms with E-state index in [9.17, 15) is 5.26 Å². The molecule has 0 amide bonds. The number of nitrogens with zero attached hydrogens (tertiary/aromatic N) is 2. The van der Waals surface area contributed by atoms with Crippen LogP contribution in [0.5, 0.6) is 0 Å². The molecule has 0 spiro atoms. The molecule has 3 nitrogen and oxygen atoms in total. The average molecular weight is 235 g/mol.